The number of pyridine rings is 2. The molecular formula is C48H45BrCl10N12O5. The summed E-state index contributed by atoms with van der Waals surface area (Å²) in [6.45, 7) is 4.54. The number of aromatic nitrogens is 6. The van der Waals surface area contributed by atoms with E-state index in [4.69, 9.17) is 127 Å². The summed E-state index contributed by atoms with van der Waals surface area (Å²) in [6, 6.07) is 27.2. The number of fused-ring (bicyclic) bond motifs is 2. The van der Waals surface area contributed by atoms with Crippen LogP contribution in [0.3, 0.4) is 0 Å². The largest absolute Gasteiger partial charge is 0.480 e. The zero-order chi connectivity index (χ0) is 55.7. The summed E-state index contributed by atoms with van der Waals surface area (Å²) in [5.41, 5.74) is 10.9. The van der Waals surface area contributed by atoms with Gasteiger partial charge < -0.3 is 52.1 Å². The first-order chi connectivity index (χ1) is 36.2. The normalized spacial score (nSPS) is 10.3. The minimum absolute atomic E-state index is 0.0843. The number of nitrogens with one attached hydrogen (secondary N) is 7. The van der Waals surface area contributed by atoms with Crippen LogP contribution >= 0.6 is 132 Å². The fourth-order valence-corrected chi connectivity index (χ4v) is 8.42. The number of nitrogen functional groups attached to an aromatic ring is 1. The summed E-state index contributed by atoms with van der Waals surface area (Å²) in [5.74, 6) is 0.0793. The number of amides is 1. The number of carboxylic acid groups (broad SMARTS) is 1. The number of benzene rings is 4. The third kappa shape index (κ3) is 25.0. The highest BCUT2D eigenvalue weighted by molar-refractivity contribution is 9.09. The van der Waals surface area contributed by atoms with E-state index in [0.29, 0.717) is 103 Å². The van der Waals surface area contributed by atoms with E-state index in [1.807, 2.05) is 18.2 Å². The average Bonchev–Trinajstić information content (AvgIpc) is 3.94. The van der Waals surface area contributed by atoms with Crippen LogP contribution in [-0.2, 0) is 32.2 Å². The van der Waals surface area contributed by atoms with Crippen LogP contribution in [0.25, 0.3) is 22.3 Å². The van der Waals surface area contributed by atoms with Gasteiger partial charge in [-0.1, -0.05) is 132 Å². The molecule has 0 saturated heterocycles. The molecule has 4 aromatic carbocycles. The van der Waals surface area contributed by atoms with Crippen LogP contribution in [0.15, 0.2) is 97.1 Å². The monoisotopic (exact) mass is 1300 g/mol. The Balaban J connectivity index is 0.000000221. The van der Waals surface area contributed by atoms with Crippen molar-refractivity contribution in [1.29, 1.82) is 0 Å². The Kier molecular flexibility index (Phi) is 27.9. The van der Waals surface area contributed by atoms with Gasteiger partial charge in [-0.2, -0.15) is 0 Å². The van der Waals surface area contributed by atoms with Crippen LogP contribution in [0, 0.1) is 0 Å². The van der Waals surface area contributed by atoms with E-state index >= 15 is 0 Å². The number of aliphatic carboxylic acids is 1. The number of carboxylic acids is 1. The number of alkyl halides is 1. The number of anilines is 4. The molecule has 0 bridgehead atoms. The Labute approximate surface area is 494 Å². The Morgan fingerprint density at radius 1 is 0.566 bits per heavy atom. The van der Waals surface area contributed by atoms with Crippen molar-refractivity contribution in [2.45, 2.75) is 20.0 Å². The van der Waals surface area contributed by atoms with Crippen LogP contribution in [0.2, 0.25) is 50.5 Å². The summed E-state index contributed by atoms with van der Waals surface area (Å²) in [6.07, 6.45) is 0. The maximum Gasteiger partial charge on any atom is 0.322 e. The third-order valence-electron chi connectivity index (χ3n) is 8.88. The first-order valence-electron chi connectivity index (χ1n) is 21.9. The maximum absolute atomic E-state index is 11.9. The summed E-state index contributed by atoms with van der Waals surface area (Å²) < 4.78 is 4.51. The Hall–Kier alpha value is -4.93. The molecular weight excluding hydrogens is 1260 g/mol. The van der Waals surface area contributed by atoms with Crippen molar-refractivity contribution in [2.75, 3.05) is 59.8 Å². The minimum atomic E-state index is -0.934. The highest BCUT2D eigenvalue weighted by Crippen LogP contribution is 2.25. The number of carbonyl (C=O) groups is 3. The molecule has 8 aromatic rings. The molecule has 0 spiro atoms. The van der Waals surface area contributed by atoms with Gasteiger partial charge in [0, 0.05) is 76.0 Å². The van der Waals surface area contributed by atoms with Gasteiger partial charge in [-0.3, -0.25) is 14.4 Å². The smallest absolute Gasteiger partial charge is 0.322 e. The molecule has 0 unspecified atom stereocenters. The SMILES string of the molecule is CCOC(=O)CBr.Clc1cc(Cl)cc(NCCNCc2nc3nc(Cl)ccc3[nH]2)c1.Nc1cc(Cl)cc(Cl)c1.O=C(CNc1cc(Cl)cc(Cl)c1)NCc1nc2nc(Cl)ccc2[nH]1.O=C(O)CNc1cc(Cl)cc(Cl)c1. The molecule has 0 atom stereocenters. The Morgan fingerprint density at radius 2 is 0.974 bits per heavy atom. The molecule has 76 heavy (non-hydrogen) atoms. The van der Waals surface area contributed by atoms with Crippen LogP contribution in [0.4, 0.5) is 22.7 Å². The quantitative estimate of drug-likeness (QED) is 0.0144. The van der Waals surface area contributed by atoms with Crippen molar-refractivity contribution in [3.8, 4) is 0 Å². The lowest BCUT2D eigenvalue weighted by Gasteiger charge is -2.08. The molecule has 4 aromatic heterocycles. The van der Waals surface area contributed by atoms with Gasteiger partial charge >= 0.3 is 11.9 Å². The van der Waals surface area contributed by atoms with Crippen molar-refractivity contribution in [2.24, 2.45) is 0 Å². The zero-order valence-electron chi connectivity index (χ0n) is 39.5. The molecule has 0 aliphatic rings. The third-order valence-corrected chi connectivity index (χ3v) is 11.5. The number of H-pyrrole nitrogens is 2. The Morgan fingerprint density at radius 3 is 1.37 bits per heavy atom. The number of aromatic amines is 2. The molecule has 10 N–H and O–H groups in total. The number of imidazole rings is 2. The molecule has 0 radical (unpaired) electrons. The van der Waals surface area contributed by atoms with Gasteiger partial charge in [-0.15, -0.1) is 0 Å². The van der Waals surface area contributed by atoms with Gasteiger partial charge in [0.25, 0.3) is 0 Å². The average molecular weight is 1300 g/mol. The first kappa shape index (κ1) is 63.6. The second kappa shape index (κ2) is 33.4. The molecule has 0 saturated carbocycles. The molecule has 17 nitrogen and oxygen atoms in total. The maximum atomic E-state index is 11.9. The molecule has 4 heterocycles. The van der Waals surface area contributed by atoms with E-state index < -0.39 is 5.97 Å². The van der Waals surface area contributed by atoms with Crippen molar-refractivity contribution >= 4 is 195 Å². The fraction of sp³-hybridized carbons (Fsp3) is 0.188. The van der Waals surface area contributed by atoms with Crippen molar-refractivity contribution in [1.82, 2.24) is 40.5 Å². The molecule has 1 amide bonds. The first-order valence-corrected chi connectivity index (χ1v) is 26.8. The van der Waals surface area contributed by atoms with Crippen LogP contribution in [0.1, 0.15) is 18.6 Å². The molecule has 0 aliphatic carbocycles. The molecule has 0 fully saturated rings. The topological polar surface area (TPSA) is 250 Å². The minimum Gasteiger partial charge on any atom is -0.480 e. The standard InChI is InChI=1S/C15H12Cl3N5O.C15H14Cl3N5.C8H7Cl2NO2.C6H5Cl2N.C4H7BrO2/c16-8-3-9(17)5-10(4-8)19-7-14(24)20-6-13-21-11-1-2-12(18)22-15(11)23-13;16-9-5-10(17)7-11(6-9)20-4-3-19-8-14-21-12-1-2-13(18)22-15(12)23-14;9-5-1-6(10)3-7(2-5)11-4-8(12)13;7-4-1-5(8)3-6(9)2-4;1-2-7-4(6)3-5/h1-5,19H,6-7H2,(H,20,24)(H,21,22,23);1-2,5-7,19-20H,3-4,8H2,(H,21,22,23);1-3,11H,4H2,(H,12,13);1-3H,9H2;2-3H2,1H3. The van der Waals surface area contributed by atoms with Crippen LogP contribution in [0.5, 0.6) is 0 Å². The van der Waals surface area contributed by atoms with Crippen molar-refractivity contribution < 1.29 is 24.2 Å². The fourth-order valence-electron chi connectivity index (χ4n) is 5.86. The number of hydrogen-bond acceptors (Lipinski definition) is 13. The lowest BCUT2D eigenvalue weighted by atomic mass is 10.3. The van der Waals surface area contributed by atoms with Gasteiger partial charge in [-0.25, -0.2) is 19.9 Å². The van der Waals surface area contributed by atoms with E-state index in [2.05, 4.69) is 77.2 Å². The van der Waals surface area contributed by atoms with Crippen molar-refractivity contribution in [3.63, 3.8) is 0 Å². The van der Waals surface area contributed by atoms with E-state index in [0.717, 1.165) is 35.6 Å². The highest BCUT2D eigenvalue weighted by Gasteiger charge is 2.09. The van der Waals surface area contributed by atoms with Gasteiger partial charge in [0.2, 0.25) is 5.91 Å². The summed E-state index contributed by atoms with van der Waals surface area (Å²) in [5, 5.41) is 28.7. The second-order valence-corrected chi connectivity index (χ2v) is 19.8. The number of nitrogens with zero attached hydrogens (tertiary/aromatic N) is 4. The summed E-state index contributed by atoms with van der Waals surface area (Å²) in [7, 11) is 0. The number of rotatable bonds is 16. The van der Waals surface area contributed by atoms with Crippen LogP contribution in [-0.4, -0.2) is 91.0 Å². The summed E-state index contributed by atoms with van der Waals surface area (Å²) >= 11 is 60.9. The zero-order valence-corrected chi connectivity index (χ0v) is 48.6. The number of ether oxygens (including phenoxy) is 1. The van der Waals surface area contributed by atoms with Gasteiger partial charge in [0.05, 0.1) is 37.3 Å². The Bertz CT molecular complexity index is 3080. The lowest BCUT2D eigenvalue weighted by Crippen LogP contribution is -2.29. The van der Waals surface area contributed by atoms with E-state index in [9.17, 15) is 14.4 Å². The second-order valence-electron chi connectivity index (χ2n) is 15.0. The predicted octanol–water partition coefficient (Wildman–Crippen LogP) is 13.8. The summed E-state index contributed by atoms with van der Waals surface area (Å²) in [4.78, 5) is 55.4. The van der Waals surface area contributed by atoms with Crippen molar-refractivity contribution in [3.05, 3.63) is 159 Å². The number of esters is 1. The number of nitrogens with two attached hydrogens (primary N) is 1. The number of carbonyl (C=O) groups excluding carboxylic acids is 2. The molecule has 0 aliphatic heterocycles. The number of halogens is 11. The van der Waals surface area contributed by atoms with Gasteiger partial charge in [0.1, 0.15) is 33.8 Å². The lowest BCUT2D eigenvalue weighted by molar-refractivity contribution is -0.139. The van der Waals surface area contributed by atoms with E-state index in [1.54, 1.807) is 85.8 Å². The molecule has 8 rings (SSSR count). The van der Waals surface area contributed by atoms with Crippen LogP contribution < -0.4 is 32.3 Å². The predicted molar refractivity (Wildman–Crippen MR) is 315 cm³/mol. The molecule has 28 heteroatoms. The number of hydrogen-bond donors (Lipinski definition) is 9. The van der Waals surface area contributed by atoms with E-state index in [-0.39, 0.29) is 31.5 Å². The van der Waals surface area contributed by atoms with Gasteiger partial charge in [0.15, 0.2) is 11.3 Å². The molecule has 404 valence electrons. The van der Waals surface area contributed by atoms with E-state index in [1.165, 1.54) is 0 Å². The van der Waals surface area contributed by atoms with Gasteiger partial charge in [-0.05, 0) is 104 Å². The highest BCUT2D eigenvalue weighted by atomic mass is 79.9.